The van der Waals surface area contributed by atoms with Crippen LogP contribution in [0, 0.1) is 0 Å². The van der Waals surface area contributed by atoms with Gasteiger partial charge in [-0.25, -0.2) is 4.72 Å². The number of nitrogens with two attached hydrogens (primary N) is 1. The molecule has 1 rings (SSSR count). The summed E-state index contributed by atoms with van der Waals surface area (Å²) in [5.41, 5.74) is 8.15. The fourth-order valence-electron chi connectivity index (χ4n) is 1.57. The lowest BCUT2D eigenvalue weighted by Crippen LogP contribution is -2.39. The molecule has 0 unspecified atom stereocenters. The van der Waals surface area contributed by atoms with Crippen molar-refractivity contribution in [1.82, 2.24) is 9.03 Å². The molecule has 5 nitrogen and oxygen atoms in total. The van der Waals surface area contributed by atoms with Crippen molar-refractivity contribution in [2.24, 2.45) is 5.73 Å². The van der Waals surface area contributed by atoms with Crippen LogP contribution in [-0.2, 0) is 10.2 Å². The third-order valence-electron chi connectivity index (χ3n) is 3.00. The van der Waals surface area contributed by atoms with Gasteiger partial charge in [0.05, 0.1) is 0 Å². The molecule has 0 fully saturated rings. The molecule has 0 radical (unpaired) electrons. The maximum Gasteiger partial charge on any atom is 0.278 e. The third kappa shape index (κ3) is 4.58. The fraction of sp³-hybridized carbons (Fsp3) is 0.538. The van der Waals surface area contributed by atoms with Crippen molar-refractivity contribution in [1.29, 1.82) is 0 Å². The number of nitrogens with zero attached hydrogens (tertiary/aromatic N) is 1. The van der Waals surface area contributed by atoms with Crippen molar-refractivity contribution >= 4 is 10.2 Å². The minimum Gasteiger partial charge on any atom is -0.323 e. The molecule has 0 aliphatic carbocycles. The molecule has 1 aromatic carbocycles. The summed E-state index contributed by atoms with van der Waals surface area (Å²) in [6, 6.07) is 7.60. The van der Waals surface area contributed by atoms with Crippen LogP contribution in [0.4, 0.5) is 0 Å². The van der Waals surface area contributed by atoms with Crippen LogP contribution in [0.3, 0.4) is 0 Å². The Balaban J connectivity index is 2.66. The summed E-state index contributed by atoms with van der Waals surface area (Å²) in [5.74, 6) is 0.470. The highest BCUT2D eigenvalue weighted by atomic mass is 32.2. The largest absolute Gasteiger partial charge is 0.323 e. The molecule has 1 atom stereocenters. The Morgan fingerprint density at radius 2 is 1.63 bits per heavy atom. The van der Waals surface area contributed by atoms with E-state index in [9.17, 15) is 8.42 Å². The molecule has 0 spiro atoms. The first-order valence-electron chi connectivity index (χ1n) is 6.26. The van der Waals surface area contributed by atoms with Gasteiger partial charge in [0.15, 0.2) is 0 Å². The van der Waals surface area contributed by atoms with Crippen LogP contribution < -0.4 is 10.5 Å². The van der Waals surface area contributed by atoms with Gasteiger partial charge in [-0.05, 0) is 17.0 Å². The summed E-state index contributed by atoms with van der Waals surface area (Å²) in [5, 5.41) is 0. The van der Waals surface area contributed by atoms with Crippen LogP contribution in [0.1, 0.15) is 36.9 Å². The Morgan fingerprint density at radius 1 is 1.16 bits per heavy atom. The zero-order valence-corrected chi connectivity index (χ0v) is 12.7. The summed E-state index contributed by atoms with van der Waals surface area (Å²) >= 11 is 0. The summed E-state index contributed by atoms with van der Waals surface area (Å²) in [6.07, 6.45) is 0. The van der Waals surface area contributed by atoms with Gasteiger partial charge in [0.1, 0.15) is 0 Å². The van der Waals surface area contributed by atoms with Crippen molar-refractivity contribution in [2.45, 2.75) is 25.8 Å². The zero-order valence-electron chi connectivity index (χ0n) is 11.9. The number of hydrogen-bond acceptors (Lipinski definition) is 3. The molecular formula is C13H23N3O2S. The van der Waals surface area contributed by atoms with Crippen LogP contribution in [0.25, 0.3) is 0 Å². The Morgan fingerprint density at radius 3 is 2.05 bits per heavy atom. The van der Waals surface area contributed by atoms with Gasteiger partial charge in [-0.1, -0.05) is 38.1 Å². The van der Waals surface area contributed by atoms with E-state index in [1.54, 1.807) is 0 Å². The molecule has 108 valence electrons. The second-order valence-corrected chi connectivity index (χ2v) is 7.03. The number of hydrogen-bond donors (Lipinski definition) is 2. The monoisotopic (exact) mass is 285 g/mol. The average Bonchev–Trinajstić information content (AvgIpc) is 2.36. The zero-order chi connectivity index (χ0) is 14.6. The minimum absolute atomic E-state index is 0.182. The van der Waals surface area contributed by atoms with Gasteiger partial charge in [0.25, 0.3) is 10.2 Å². The summed E-state index contributed by atoms with van der Waals surface area (Å²) in [7, 11) is -0.465. The second kappa shape index (κ2) is 6.47. The summed E-state index contributed by atoms with van der Waals surface area (Å²) in [6.45, 7) is 4.43. The molecule has 0 bridgehead atoms. The number of rotatable bonds is 6. The van der Waals surface area contributed by atoms with Crippen LogP contribution in [0.15, 0.2) is 24.3 Å². The molecule has 6 heteroatoms. The van der Waals surface area contributed by atoms with Gasteiger partial charge >= 0.3 is 0 Å². The van der Waals surface area contributed by atoms with E-state index in [2.05, 4.69) is 18.6 Å². The molecule has 0 saturated heterocycles. The highest BCUT2D eigenvalue weighted by Gasteiger charge is 2.15. The molecule has 3 N–H and O–H groups in total. The van der Waals surface area contributed by atoms with Crippen LogP contribution >= 0.6 is 0 Å². The predicted molar refractivity (Wildman–Crippen MR) is 78.1 cm³/mol. The molecule has 0 aromatic heterocycles. The van der Waals surface area contributed by atoms with Crippen molar-refractivity contribution in [3.63, 3.8) is 0 Å². The Kier molecular flexibility index (Phi) is 5.49. The topological polar surface area (TPSA) is 75.4 Å². The van der Waals surface area contributed by atoms with E-state index < -0.39 is 10.2 Å². The maximum absolute atomic E-state index is 11.6. The summed E-state index contributed by atoms with van der Waals surface area (Å²) < 4.78 is 26.7. The standard InChI is InChI=1S/C13H23N3O2S/c1-10(2)11-5-7-12(8-6-11)13(14)9-15-19(17,18)16(3)4/h5-8,10,13,15H,9,14H2,1-4H3/t13-/m1/s1. The van der Waals surface area contributed by atoms with E-state index in [1.165, 1.54) is 19.7 Å². The third-order valence-corrected chi connectivity index (χ3v) is 4.49. The molecule has 0 heterocycles. The van der Waals surface area contributed by atoms with Crippen molar-refractivity contribution in [3.05, 3.63) is 35.4 Å². The van der Waals surface area contributed by atoms with E-state index in [1.807, 2.05) is 24.3 Å². The van der Waals surface area contributed by atoms with Gasteiger partial charge < -0.3 is 5.73 Å². The normalized spacial score (nSPS) is 14.1. The van der Waals surface area contributed by atoms with Gasteiger partial charge in [0.2, 0.25) is 0 Å². The lowest BCUT2D eigenvalue weighted by Gasteiger charge is -2.17. The lowest BCUT2D eigenvalue weighted by atomic mass is 9.99. The Labute approximate surface area is 116 Å². The molecule has 0 amide bonds. The Hall–Kier alpha value is -0.950. The molecule has 0 aliphatic rings. The van der Waals surface area contributed by atoms with Crippen molar-refractivity contribution < 1.29 is 8.42 Å². The van der Waals surface area contributed by atoms with E-state index in [0.717, 1.165) is 9.87 Å². The summed E-state index contributed by atoms with van der Waals surface area (Å²) in [4.78, 5) is 0. The molecule has 0 saturated carbocycles. The van der Waals surface area contributed by atoms with Crippen molar-refractivity contribution in [2.75, 3.05) is 20.6 Å². The maximum atomic E-state index is 11.6. The smallest absolute Gasteiger partial charge is 0.278 e. The molecular weight excluding hydrogens is 262 g/mol. The molecule has 0 aliphatic heterocycles. The highest BCUT2D eigenvalue weighted by molar-refractivity contribution is 7.87. The Bertz CT molecular complexity index is 495. The van der Waals surface area contributed by atoms with Gasteiger partial charge in [0, 0.05) is 26.7 Å². The van der Waals surface area contributed by atoms with E-state index >= 15 is 0 Å². The minimum atomic E-state index is -3.42. The molecule has 19 heavy (non-hydrogen) atoms. The van der Waals surface area contributed by atoms with E-state index in [0.29, 0.717) is 5.92 Å². The quantitative estimate of drug-likeness (QED) is 0.825. The second-order valence-electron chi connectivity index (χ2n) is 5.06. The highest BCUT2D eigenvalue weighted by Crippen LogP contribution is 2.17. The van der Waals surface area contributed by atoms with Gasteiger partial charge in [-0.15, -0.1) is 0 Å². The van der Waals surface area contributed by atoms with E-state index in [4.69, 9.17) is 5.73 Å². The van der Waals surface area contributed by atoms with Crippen LogP contribution in [-0.4, -0.2) is 33.4 Å². The van der Waals surface area contributed by atoms with Gasteiger partial charge in [-0.2, -0.15) is 12.7 Å². The van der Waals surface area contributed by atoms with Crippen LogP contribution in [0.5, 0.6) is 0 Å². The average molecular weight is 285 g/mol. The SMILES string of the molecule is CC(C)c1ccc([C@H](N)CNS(=O)(=O)N(C)C)cc1. The lowest BCUT2D eigenvalue weighted by molar-refractivity contribution is 0.500. The molecule has 1 aromatic rings. The number of benzene rings is 1. The number of nitrogens with one attached hydrogen (secondary N) is 1. The first kappa shape index (κ1) is 16.1. The van der Waals surface area contributed by atoms with E-state index in [-0.39, 0.29) is 12.6 Å². The first-order chi connectivity index (χ1) is 8.74. The van der Waals surface area contributed by atoms with Gasteiger partial charge in [-0.3, -0.25) is 0 Å². The van der Waals surface area contributed by atoms with Crippen LogP contribution in [0.2, 0.25) is 0 Å². The predicted octanol–water partition coefficient (Wildman–Crippen LogP) is 1.21. The fourth-order valence-corrected chi connectivity index (χ4v) is 2.22. The van der Waals surface area contributed by atoms with Crippen molar-refractivity contribution in [3.8, 4) is 0 Å². The first-order valence-corrected chi connectivity index (χ1v) is 7.70.